The first kappa shape index (κ1) is 29.1. The smallest absolute Gasteiger partial charge is 0.323 e. The average Bonchev–Trinajstić information content (AvgIpc) is 3.61. The van der Waals surface area contributed by atoms with Gasteiger partial charge in [0, 0.05) is 34.7 Å². The summed E-state index contributed by atoms with van der Waals surface area (Å²) in [4.78, 5) is 35.8. The monoisotopic (exact) mass is 629 g/mol. The standard InChI is InChI=1S/C28H27Cl2F2N9O2/c1-15-3-2-4-23(20-9-16(7-8-33-20)26-21(36-27(15)43)12-35-41(26)28(31)32)39-14-34-19(11-25(39)42)18-10-17(29)5-6-22(18)40-13-24(30)37-38-40/h5-12,14-15,18,22-24,28H,2-4,13H2,1H3,(H,36,43)/t15-,18?,22?,23+,24?/m1/s1. The minimum atomic E-state index is -2.93. The van der Waals surface area contributed by atoms with Gasteiger partial charge in [-0.15, -0.1) is 5.11 Å². The maximum atomic E-state index is 13.9. The number of halogens is 4. The van der Waals surface area contributed by atoms with E-state index in [0.717, 1.165) is 0 Å². The Kier molecular flexibility index (Phi) is 8.10. The minimum Gasteiger partial charge on any atom is -0.323 e. The van der Waals surface area contributed by atoms with E-state index in [4.69, 9.17) is 23.2 Å². The van der Waals surface area contributed by atoms with E-state index >= 15 is 0 Å². The molecule has 3 aromatic rings. The lowest BCUT2D eigenvalue weighted by atomic mass is 9.91. The Morgan fingerprint density at radius 1 is 1.14 bits per heavy atom. The van der Waals surface area contributed by atoms with Gasteiger partial charge in [0.1, 0.15) is 0 Å². The fourth-order valence-corrected chi connectivity index (χ4v) is 6.04. The average molecular weight is 630 g/mol. The van der Waals surface area contributed by atoms with Crippen LogP contribution in [0.1, 0.15) is 56.1 Å². The first-order valence-corrected chi connectivity index (χ1v) is 14.6. The first-order valence-electron chi connectivity index (χ1n) is 13.8. The topological polar surface area (TPSA) is 123 Å². The second kappa shape index (κ2) is 12.0. The highest BCUT2D eigenvalue weighted by Gasteiger charge is 2.33. The van der Waals surface area contributed by atoms with Gasteiger partial charge >= 0.3 is 6.55 Å². The number of alkyl halides is 3. The molecule has 0 saturated heterocycles. The Morgan fingerprint density at radius 2 is 1.98 bits per heavy atom. The highest BCUT2D eigenvalue weighted by Crippen LogP contribution is 2.36. The molecule has 3 unspecified atom stereocenters. The fraction of sp³-hybridized carbons (Fsp3) is 0.393. The number of carbonyl (C=O) groups is 1. The number of amides is 1. The molecule has 0 saturated carbocycles. The molecule has 3 aliphatic rings. The summed E-state index contributed by atoms with van der Waals surface area (Å²) in [6.07, 6.45) is 11.2. The molecule has 0 radical (unpaired) electrons. The van der Waals surface area contributed by atoms with Crippen molar-refractivity contribution < 1.29 is 13.6 Å². The van der Waals surface area contributed by atoms with E-state index in [0.29, 0.717) is 52.5 Å². The quantitative estimate of drug-likeness (QED) is 0.294. The molecule has 3 aromatic heterocycles. The van der Waals surface area contributed by atoms with Crippen LogP contribution in [0.3, 0.4) is 0 Å². The molecule has 0 aromatic carbocycles. The number of hydrogen-bond donors (Lipinski definition) is 1. The van der Waals surface area contributed by atoms with Crippen LogP contribution in [-0.2, 0) is 4.79 Å². The maximum absolute atomic E-state index is 13.9. The number of nitrogens with zero attached hydrogens (tertiary/aromatic N) is 8. The summed E-state index contributed by atoms with van der Waals surface area (Å²) in [7, 11) is 0. The van der Waals surface area contributed by atoms with Gasteiger partial charge in [-0.3, -0.25) is 24.1 Å². The zero-order valence-corrected chi connectivity index (χ0v) is 24.4. The Balaban J connectivity index is 1.39. The predicted molar refractivity (Wildman–Crippen MR) is 156 cm³/mol. The summed E-state index contributed by atoms with van der Waals surface area (Å²) < 4.78 is 29.9. The van der Waals surface area contributed by atoms with E-state index in [2.05, 4.69) is 30.7 Å². The van der Waals surface area contributed by atoms with Crippen molar-refractivity contribution in [1.82, 2.24) is 29.3 Å². The van der Waals surface area contributed by atoms with Crippen LogP contribution in [0, 0.1) is 5.92 Å². The second-order valence-electron chi connectivity index (χ2n) is 10.7. The molecule has 1 aliphatic carbocycles. The van der Waals surface area contributed by atoms with Gasteiger partial charge < -0.3 is 5.32 Å². The lowest BCUT2D eigenvalue weighted by Crippen LogP contribution is -2.36. The molecule has 0 fully saturated rings. The summed E-state index contributed by atoms with van der Waals surface area (Å²) >= 11 is 12.5. The Morgan fingerprint density at radius 3 is 2.72 bits per heavy atom. The third-order valence-corrected chi connectivity index (χ3v) is 8.34. The first-order chi connectivity index (χ1) is 20.7. The molecule has 1 N–H and O–H groups in total. The molecule has 0 spiro atoms. The lowest BCUT2D eigenvalue weighted by Gasteiger charge is -2.30. The van der Waals surface area contributed by atoms with Gasteiger partial charge in [-0.2, -0.15) is 13.9 Å². The van der Waals surface area contributed by atoms with E-state index in [1.807, 2.05) is 12.2 Å². The largest absolute Gasteiger partial charge is 0.333 e. The molecule has 2 aliphatic heterocycles. The van der Waals surface area contributed by atoms with E-state index in [1.54, 1.807) is 30.1 Å². The van der Waals surface area contributed by atoms with Gasteiger partial charge in [-0.05, 0) is 31.1 Å². The zero-order chi connectivity index (χ0) is 30.2. The Bertz CT molecular complexity index is 1690. The van der Waals surface area contributed by atoms with E-state index < -0.39 is 24.0 Å². The third-order valence-electron chi connectivity index (χ3n) is 7.86. The number of hydrogen-bond acceptors (Lipinski definition) is 8. The summed E-state index contributed by atoms with van der Waals surface area (Å²) in [5, 5.41) is 17.0. The molecule has 224 valence electrons. The van der Waals surface area contributed by atoms with Gasteiger partial charge in [-0.25, -0.2) is 9.67 Å². The van der Waals surface area contributed by atoms with E-state index in [-0.39, 0.29) is 34.8 Å². The van der Waals surface area contributed by atoms with Gasteiger partial charge in [0.2, 0.25) is 5.91 Å². The summed E-state index contributed by atoms with van der Waals surface area (Å²) in [5.74, 6) is -1.09. The Labute approximate surface area is 254 Å². The fourth-order valence-electron chi connectivity index (χ4n) is 5.65. The molecule has 15 heteroatoms. The van der Waals surface area contributed by atoms with Crippen molar-refractivity contribution in [3.05, 3.63) is 81.9 Å². The predicted octanol–water partition coefficient (Wildman–Crippen LogP) is 5.64. The number of allylic oxidation sites excluding steroid dienone is 2. The molecule has 43 heavy (non-hydrogen) atoms. The number of nitrogens with one attached hydrogen (secondary N) is 1. The number of aromatic nitrogens is 5. The van der Waals surface area contributed by atoms with Crippen molar-refractivity contribution in [2.75, 3.05) is 11.9 Å². The van der Waals surface area contributed by atoms with Crippen LogP contribution in [0.4, 0.5) is 14.5 Å². The highest BCUT2D eigenvalue weighted by atomic mass is 35.5. The van der Waals surface area contributed by atoms with Crippen molar-refractivity contribution in [2.45, 2.75) is 56.2 Å². The van der Waals surface area contributed by atoms with Crippen LogP contribution in [0.5, 0.6) is 0 Å². The number of fused-ring (bicyclic) bond motifs is 4. The van der Waals surface area contributed by atoms with Crippen molar-refractivity contribution in [2.24, 2.45) is 16.3 Å². The summed E-state index contributed by atoms with van der Waals surface area (Å²) in [5.41, 5.74) is 0.803. The molecule has 5 heterocycles. The summed E-state index contributed by atoms with van der Waals surface area (Å²) in [6.45, 7) is -0.758. The molecule has 2 bridgehead atoms. The second-order valence-corrected chi connectivity index (χ2v) is 11.6. The third kappa shape index (κ3) is 5.83. The number of rotatable bonds is 4. The van der Waals surface area contributed by atoms with E-state index in [1.165, 1.54) is 29.4 Å². The van der Waals surface area contributed by atoms with Gasteiger partial charge in [0.15, 0.2) is 5.50 Å². The van der Waals surface area contributed by atoms with Crippen molar-refractivity contribution in [3.8, 4) is 11.3 Å². The molecular weight excluding hydrogens is 603 g/mol. The van der Waals surface area contributed by atoms with Gasteiger partial charge in [0.05, 0.1) is 53.9 Å². The normalized spacial score (nSPS) is 25.6. The summed E-state index contributed by atoms with van der Waals surface area (Å²) in [6, 6.07) is 3.81. The van der Waals surface area contributed by atoms with Crippen LogP contribution in [0.25, 0.3) is 11.3 Å². The van der Waals surface area contributed by atoms with Crippen LogP contribution in [0.2, 0.25) is 0 Å². The number of pyridine rings is 1. The Hall–Kier alpha value is -3.97. The maximum Gasteiger partial charge on any atom is 0.333 e. The van der Waals surface area contributed by atoms with Crippen molar-refractivity contribution in [1.29, 1.82) is 0 Å². The molecule has 1 amide bonds. The van der Waals surface area contributed by atoms with Gasteiger partial charge in [-0.1, -0.05) is 53.9 Å². The van der Waals surface area contributed by atoms with Crippen LogP contribution >= 0.6 is 23.2 Å². The van der Waals surface area contributed by atoms with Crippen molar-refractivity contribution >= 4 is 34.8 Å². The van der Waals surface area contributed by atoms with Crippen LogP contribution in [0.15, 0.2) is 75.3 Å². The molecule has 11 nitrogen and oxygen atoms in total. The number of anilines is 1. The molecule has 6 rings (SSSR count). The lowest BCUT2D eigenvalue weighted by molar-refractivity contribution is -0.119. The SMILES string of the molecule is C[C@@H]1CCC[C@H](n2cnc(C3C=C(Cl)C=CC3N3CC(Cl)N=N3)cc2=O)c2cc(ccn2)-c2c(cnn2C(F)F)NC1=O. The van der Waals surface area contributed by atoms with Crippen LogP contribution in [-0.4, -0.2) is 53.3 Å². The zero-order valence-electron chi connectivity index (χ0n) is 22.9. The van der Waals surface area contributed by atoms with Crippen molar-refractivity contribution in [3.63, 3.8) is 0 Å². The number of carbonyl (C=O) groups excluding carboxylic acids is 1. The van der Waals surface area contributed by atoms with E-state index in [9.17, 15) is 18.4 Å². The molecular formula is C28H27Cl2F2N9O2. The van der Waals surface area contributed by atoms with Gasteiger partial charge in [0.25, 0.3) is 5.56 Å². The highest BCUT2D eigenvalue weighted by molar-refractivity contribution is 6.31. The van der Waals surface area contributed by atoms with Crippen LogP contribution < -0.4 is 10.9 Å². The molecule has 5 atom stereocenters. The minimum absolute atomic E-state index is 0.0534.